The number of anilines is 3. The van der Waals surface area contributed by atoms with Gasteiger partial charge >= 0.3 is 0 Å². The van der Waals surface area contributed by atoms with Gasteiger partial charge in [0.1, 0.15) is 17.6 Å². The number of para-hydroxylation sites is 1. The van der Waals surface area contributed by atoms with Crippen LogP contribution < -0.4 is 21.3 Å². The molecule has 3 aromatic rings. The summed E-state index contributed by atoms with van der Waals surface area (Å²) in [5, 5.41) is 10.2. The van der Waals surface area contributed by atoms with E-state index in [1.54, 1.807) is 36.4 Å². The summed E-state index contributed by atoms with van der Waals surface area (Å²) in [6, 6.07) is 13.6. The lowest BCUT2D eigenvalue weighted by Crippen LogP contribution is -2.43. The Balaban J connectivity index is 1.47. The van der Waals surface area contributed by atoms with Crippen molar-refractivity contribution < 1.29 is 23.6 Å². The molecule has 4 rings (SSSR count). The molecule has 0 saturated carbocycles. The van der Waals surface area contributed by atoms with E-state index in [0.717, 1.165) is 12.1 Å². The van der Waals surface area contributed by atoms with Crippen molar-refractivity contribution in [1.82, 2.24) is 10.3 Å². The highest BCUT2D eigenvalue weighted by Crippen LogP contribution is 2.24. The van der Waals surface area contributed by atoms with E-state index in [1.165, 1.54) is 18.3 Å². The number of halogens is 1. The summed E-state index contributed by atoms with van der Waals surface area (Å²) < 4.78 is 13.8. The molecular weight excluding hydrogens is 429 g/mol. The highest BCUT2D eigenvalue weighted by molar-refractivity contribution is 6.11. The summed E-state index contributed by atoms with van der Waals surface area (Å²) in [5.74, 6) is -2.93. The summed E-state index contributed by atoms with van der Waals surface area (Å²) >= 11 is 0. The minimum absolute atomic E-state index is 0.00655. The van der Waals surface area contributed by atoms with Crippen LogP contribution in [0.2, 0.25) is 0 Å². The number of amides is 4. The van der Waals surface area contributed by atoms with Crippen molar-refractivity contribution in [2.24, 2.45) is 0 Å². The summed E-state index contributed by atoms with van der Waals surface area (Å²) in [7, 11) is 0. The van der Waals surface area contributed by atoms with Crippen LogP contribution in [0.5, 0.6) is 0 Å². The van der Waals surface area contributed by atoms with Gasteiger partial charge in [0.25, 0.3) is 11.8 Å². The lowest BCUT2D eigenvalue weighted by Gasteiger charge is -2.16. The number of nitrogens with zero attached hydrogens (tertiary/aromatic N) is 1. The Bertz CT molecular complexity index is 1250. The Labute approximate surface area is 187 Å². The van der Waals surface area contributed by atoms with E-state index in [-0.39, 0.29) is 22.6 Å². The van der Waals surface area contributed by atoms with Crippen LogP contribution in [0.3, 0.4) is 0 Å². The third-order valence-corrected chi connectivity index (χ3v) is 4.84. The first-order valence-electron chi connectivity index (χ1n) is 9.93. The second kappa shape index (κ2) is 9.27. The molecule has 1 aliphatic heterocycles. The molecule has 0 spiro atoms. The molecule has 2 heterocycles. The molecular formula is C23H18FN5O4. The first-order chi connectivity index (χ1) is 15.9. The first-order valence-corrected chi connectivity index (χ1v) is 9.93. The van der Waals surface area contributed by atoms with Crippen molar-refractivity contribution >= 4 is 40.7 Å². The highest BCUT2D eigenvalue weighted by atomic mass is 19.1. The predicted octanol–water partition coefficient (Wildman–Crippen LogP) is 2.55. The average molecular weight is 447 g/mol. The zero-order chi connectivity index (χ0) is 23.4. The zero-order valence-corrected chi connectivity index (χ0v) is 17.1. The average Bonchev–Trinajstić information content (AvgIpc) is 2.92. The Morgan fingerprint density at radius 1 is 0.970 bits per heavy atom. The Kier molecular flexibility index (Phi) is 6.07. The van der Waals surface area contributed by atoms with E-state index >= 15 is 0 Å². The van der Waals surface area contributed by atoms with Gasteiger partial charge in [0, 0.05) is 6.20 Å². The highest BCUT2D eigenvalue weighted by Gasteiger charge is 2.29. The molecule has 0 bridgehead atoms. The predicted molar refractivity (Wildman–Crippen MR) is 118 cm³/mol. The van der Waals surface area contributed by atoms with Gasteiger partial charge in [-0.1, -0.05) is 18.2 Å². The van der Waals surface area contributed by atoms with E-state index in [1.807, 2.05) is 0 Å². The number of hydrogen-bond donors (Lipinski definition) is 4. The van der Waals surface area contributed by atoms with Crippen molar-refractivity contribution in [3.63, 3.8) is 0 Å². The number of carbonyl (C=O) groups excluding carboxylic acids is 4. The smallest absolute Gasteiger partial charge is 0.274 e. The molecule has 0 saturated heterocycles. The number of nitrogens with one attached hydrogen (secondary N) is 4. The van der Waals surface area contributed by atoms with Crippen molar-refractivity contribution in [2.75, 3.05) is 16.0 Å². The van der Waals surface area contributed by atoms with Gasteiger partial charge in [0.15, 0.2) is 0 Å². The quantitative estimate of drug-likeness (QED) is 0.478. The monoisotopic (exact) mass is 447 g/mol. The molecule has 10 heteroatoms. The Morgan fingerprint density at radius 3 is 2.55 bits per heavy atom. The number of hydrogen-bond acceptors (Lipinski definition) is 5. The fraction of sp³-hybridized carbons (Fsp3) is 0.0870. The van der Waals surface area contributed by atoms with Crippen LogP contribution in [0.4, 0.5) is 21.5 Å². The zero-order valence-electron chi connectivity index (χ0n) is 17.1. The summed E-state index contributed by atoms with van der Waals surface area (Å²) in [4.78, 5) is 53.9. The Morgan fingerprint density at radius 2 is 1.76 bits per heavy atom. The maximum Gasteiger partial charge on any atom is 0.274 e. The third-order valence-electron chi connectivity index (χ3n) is 4.84. The third kappa shape index (κ3) is 5.01. The molecule has 9 nitrogen and oxygen atoms in total. The van der Waals surface area contributed by atoms with Crippen LogP contribution in [0.25, 0.3) is 0 Å². The van der Waals surface area contributed by atoms with E-state index in [4.69, 9.17) is 0 Å². The Hall–Kier alpha value is -4.60. The molecule has 4 amide bonds. The van der Waals surface area contributed by atoms with Gasteiger partial charge in [-0.2, -0.15) is 0 Å². The van der Waals surface area contributed by atoms with E-state index in [0.29, 0.717) is 5.69 Å². The van der Waals surface area contributed by atoms with Crippen molar-refractivity contribution in [3.8, 4) is 0 Å². The lowest BCUT2D eigenvalue weighted by molar-refractivity contribution is -0.122. The van der Waals surface area contributed by atoms with Crippen molar-refractivity contribution in [1.29, 1.82) is 0 Å². The molecule has 1 aromatic heterocycles. The maximum absolute atomic E-state index is 13.8. The van der Waals surface area contributed by atoms with Gasteiger partial charge in [-0.25, -0.2) is 4.39 Å². The molecule has 33 heavy (non-hydrogen) atoms. The van der Waals surface area contributed by atoms with Gasteiger partial charge in [-0.05, 0) is 42.5 Å². The summed E-state index contributed by atoms with van der Waals surface area (Å²) in [6.45, 7) is 0. The van der Waals surface area contributed by atoms with Gasteiger partial charge < -0.3 is 21.3 Å². The van der Waals surface area contributed by atoms with E-state index < -0.39 is 41.9 Å². The second-order valence-electron chi connectivity index (χ2n) is 7.17. The topological polar surface area (TPSA) is 129 Å². The number of pyridine rings is 1. The largest absolute Gasteiger partial charge is 0.340 e. The molecule has 166 valence electrons. The fourth-order valence-electron chi connectivity index (χ4n) is 3.25. The number of carbonyl (C=O) groups is 4. The summed E-state index contributed by atoms with van der Waals surface area (Å²) in [6.07, 6.45) is 1.04. The molecule has 0 aliphatic carbocycles. The van der Waals surface area contributed by atoms with Crippen LogP contribution in [0.15, 0.2) is 66.9 Å². The van der Waals surface area contributed by atoms with Crippen LogP contribution >= 0.6 is 0 Å². The van der Waals surface area contributed by atoms with Crippen LogP contribution in [0.1, 0.15) is 27.3 Å². The molecule has 4 N–H and O–H groups in total. The maximum atomic E-state index is 13.8. The van der Waals surface area contributed by atoms with E-state index in [2.05, 4.69) is 26.3 Å². The van der Waals surface area contributed by atoms with Crippen molar-refractivity contribution in [2.45, 2.75) is 12.5 Å². The number of rotatable bonds is 5. The van der Waals surface area contributed by atoms with Gasteiger partial charge in [0.2, 0.25) is 11.8 Å². The van der Waals surface area contributed by atoms with Crippen molar-refractivity contribution in [3.05, 3.63) is 83.9 Å². The van der Waals surface area contributed by atoms with Gasteiger partial charge in [-0.15, -0.1) is 0 Å². The second-order valence-corrected chi connectivity index (χ2v) is 7.17. The van der Waals surface area contributed by atoms with Crippen LogP contribution in [-0.2, 0) is 9.59 Å². The van der Waals surface area contributed by atoms with Crippen LogP contribution in [0, 0.1) is 5.82 Å². The molecule has 0 fully saturated rings. The molecule has 0 unspecified atom stereocenters. The number of benzene rings is 2. The first kappa shape index (κ1) is 21.6. The molecule has 1 atom stereocenters. The summed E-state index contributed by atoms with van der Waals surface area (Å²) in [5.41, 5.74) is 0.887. The standard InChI is InChI=1S/C23H18FN5O4/c24-13-8-9-16(28-22(32)17-7-3-4-10-25-17)18(11-13)26-20(30)12-19-23(33)27-15-6-2-1-5-14(15)21(31)29-19/h1-11,19H,12H2,(H,26,30)(H,27,33)(H,28,32)(H,29,31)/t19-/m0/s1. The van der Waals surface area contributed by atoms with Crippen LogP contribution in [-0.4, -0.2) is 34.7 Å². The minimum atomic E-state index is -1.15. The molecule has 1 aliphatic rings. The minimum Gasteiger partial charge on any atom is -0.340 e. The fourth-order valence-corrected chi connectivity index (χ4v) is 3.25. The normalized spacial score (nSPS) is 14.9. The molecule has 0 radical (unpaired) electrons. The van der Waals surface area contributed by atoms with Gasteiger partial charge in [-0.3, -0.25) is 24.2 Å². The SMILES string of the molecule is O=C(C[C@@H]1NC(=O)c2ccccc2NC1=O)Nc1cc(F)ccc1NC(=O)c1ccccn1. The molecule has 2 aromatic carbocycles. The lowest BCUT2D eigenvalue weighted by atomic mass is 10.1. The number of fused-ring (bicyclic) bond motifs is 1. The van der Waals surface area contributed by atoms with E-state index in [9.17, 15) is 23.6 Å². The number of aromatic nitrogens is 1. The van der Waals surface area contributed by atoms with Gasteiger partial charge in [0.05, 0.1) is 29.0 Å².